The molecule has 5 aromatic carbocycles. The summed E-state index contributed by atoms with van der Waals surface area (Å²) in [6, 6.07) is 38.0. The number of rotatable bonds is 4. The van der Waals surface area contributed by atoms with Crippen molar-refractivity contribution in [3.8, 4) is 22.4 Å². The van der Waals surface area contributed by atoms with Gasteiger partial charge in [-0.05, 0) is 50.7 Å². The molecule has 6 aromatic rings. The third kappa shape index (κ3) is 3.11. The first-order valence-corrected chi connectivity index (χ1v) is 14.2. The Morgan fingerprint density at radius 2 is 1.23 bits per heavy atom. The molecular formula is C38H34N+. The van der Waals surface area contributed by atoms with Crippen LogP contribution in [0.25, 0.3) is 54.7 Å². The topological polar surface area (TPSA) is 3.88 Å². The Morgan fingerprint density at radius 1 is 0.641 bits per heavy atom. The first kappa shape index (κ1) is 23.9. The van der Waals surface area contributed by atoms with Crippen molar-refractivity contribution in [2.75, 3.05) is 0 Å². The minimum atomic E-state index is -0.190. The predicted octanol–water partition coefficient (Wildman–Crippen LogP) is 9.74. The lowest BCUT2D eigenvalue weighted by atomic mass is 9.59. The Balaban J connectivity index is 1.67. The monoisotopic (exact) mass is 504 g/mol. The van der Waals surface area contributed by atoms with E-state index in [2.05, 4.69) is 147 Å². The van der Waals surface area contributed by atoms with E-state index >= 15 is 0 Å². The van der Waals surface area contributed by atoms with Crippen LogP contribution >= 0.6 is 0 Å². The normalized spacial score (nSPS) is 20.2. The van der Waals surface area contributed by atoms with Crippen LogP contribution in [-0.2, 0) is 11.0 Å². The molecule has 0 N–H and O–H groups in total. The number of pyridine rings is 1. The molecule has 0 bridgehead atoms. The van der Waals surface area contributed by atoms with Gasteiger partial charge in [0.1, 0.15) is 0 Å². The minimum absolute atomic E-state index is 0.166. The van der Waals surface area contributed by atoms with E-state index in [1.807, 2.05) is 0 Å². The van der Waals surface area contributed by atoms with Gasteiger partial charge in [0.2, 0.25) is 5.69 Å². The third-order valence-corrected chi connectivity index (χ3v) is 9.78. The van der Waals surface area contributed by atoms with Gasteiger partial charge in [-0.25, -0.2) is 0 Å². The van der Waals surface area contributed by atoms with Crippen LogP contribution in [0.15, 0.2) is 122 Å². The molecule has 0 aliphatic carbocycles. The lowest BCUT2D eigenvalue weighted by Gasteiger charge is -2.46. The molecule has 1 aliphatic rings. The molecule has 0 fully saturated rings. The van der Waals surface area contributed by atoms with Gasteiger partial charge in [0, 0.05) is 24.8 Å². The van der Waals surface area contributed by atoms with Gasteiger partial charge in [-0.3, -0.25) is 0 Å². The van der Waals surface area contributed by atoms with Crippen LogP contribution in [0.4, 0.5) is 0 Å². The van der Waals surface area contributed by atoms with Crippen LogP contribution in [0.5, 0.6) is 0 Å². The van der Waals surface area contributed by atoms with E-state index in [1.165, 1.54) is 60.3 Å². The Bertz CT molecular complexity index is 1920. The highest BCUT2D eigenvalue weighted by atomic mass is 15.1. The molecule has 1 nitrogen and oxygen atoms in total. The van der Waals surface area contributed by atoms with E-state index in [1.54, 1.807) is 0 Å². The molecule has 2 unspecified atom stereocenters. The zero-order valence-electron chi connectivity index (χ0n) is 23.0. The van der Waals surface area contributed by atoms with Crippen LogP contribution in [-0.4, -0.2) is 0 Å². The Kier molecular flexibility index (Phi) is 5.29. The third-order valence-electron chi connectivity index (χ3n) is 9.78. The zero-order valence-corrected chi connectivity index (χ0v) is 23.0. The van der Waals surface area contributed by atoms with E-state index in [-0.39, 0.29) is 11.0 Å². The van der Waals surface area contributed by atoms with E-state index in [0.717, 1.165) is 12.8 Å². The summed E-state index contributed by atoms with van der Waals surface area (Å²) in [5.41, 5.74) is 6.11. The fourth-order valence-electron chi connectivity index (χ4n) is 7.50. The Labute approximate surface area is 231 Å². The minimum Gasteiger partial charge on any atom is -0.191 e. The quantitative estimate of drug-likeness (QED) is 0.128. The molecule has 7 rings (SSSR count). The fourth-order valence-corrected chi connectivity index (χ4v) is 7.50. The lowest BCUT2D eigenvalue weighted by molar-refractivity contribution is -0.762. The van der Waals surface area contributed by atoms with Crippen LogP contribution in [0.1, 0.15) is 39.2 Å². The van der Waals surface area contributed by atoms with Gasteiger partial charge in [0.05, 0.1) is 16.4 Å². The lowest BCUT2D eigenvalue weighted by Crippen LogP contribution is -2.67. The van der Waals surface area contributed by atoms with Crippen molar-refractivity contribution in [2.45, 2.75) is 44.6 Å². The molecule has 2 atom stereocenters. The number of aromatic nitrogens is 1. The van der Waals surface area contributed by atoms with Gasteiger partial charge in [-0.1, -0.05) is 111 Å². The molecule has 1 heteroatoms. The largest absolute Gasteiger partial charge is 0.213 e. The molecule has 190 valence electrons. The maximum absolute atomic E-state index is 4.46. The number of allylic oxidation sites excluding steroid dienone is 1. The smallest absolute Gasteiger partial charge is 0.191 e. The van der Waals surface area contributed by atoms with Crippen molar-refractivity contribution in [2.24, 2.45) is 0 Å². The highest BCUT2D eigenvalue weighted by Gasteiger charge is 2.57. The van der Waals surface area contributed by atoms with Gasteiger partial charge in [-0.2, -0.15) is 4.57 Å². The number of nitrogens with zero attached hydrogens (tertiary/aromatic N) is 1. The Morgan fingerprint density at radius 3 is 1.82 bits per heavy atom. The second kappa shape index (κ2) is 8.64. The predicted molar refractivity (Wildman–Crippen MR) is 166 cm³/mol. The Hall–Kier alpha value is -4.23. The summed E-state index contributed by atoms with van der Waals surface area (Å²) in [6.45, 7) is 11.5. The van der Waals surface area contributed by atoms with E-state index in [0.29, 0.717) is 0 Å². The molecule has 0 saturated carbocycles. The summed E-state index contributed by atoms with van der Waals surface area (Å²) in [6.07, 6.45) is 6.67. The second-order valence-electron chi connectivity index (χ2n) is 11.2. The van der Waals surface area contributed by atoms with Crippen molar-refractivity contribution in [3.05, 3.63) is 128 Å². The molecule has 1 aromatic heterocycles. The number of hydrogen-bond acceptors (Lipinski definition) is 0. The van der Waals surface area contributed by atoms with Crippen molar-refractivity contribution >= 4 is 32.3 Å². The first-order valence-electron chi connectivity index (χ1n) is 14.2. The number of hydrogen-bond donors (Lipinski definition) is 0. The van der Waals surface area contributed by atoms with Gasteiger partial charge in [0.15, 0.2) is 11.7 Å². The second-order valence-corrected chi connectivity index (χ2v) is 11.2. The highest BCUT2D eigenvalue weighted by molar-refractivity contribution is 6.25. The van der Waals surface area contributed by atoms with E-state index in [9.17, 15) is 0 Å². The zero-order chi connectivity index (χ0) is 26.8. The summed E-state index contributed by atoms with van der Waals surface area (Å²) in [5, 5.41) is 7.87. The first-order chi connectivity index (χ1) is 19.1. The van der Waals surface area contributed by atoms with Gasteiger partial charge in [-0.15, -0.1) is 6.58 Å². The van der Waals surface area contributed by atoms with E-state index in [4.69, 9.17) is 0 Å². The molecule has 0 saturated heterocycles. The van der Waals surface area contributed by atoms with Crippen molar-refractivity contribution in [1.82, 2.24) is 0 Å². The summed E-state index contributed by atoms with van der Waals surface area (Å²) in [7, 11) is 0. The maximum Gasteiger partial charge on any atom is 0.213 e. The molecule has 1 aliphatic heterocycles. The summed E-state index contributed by atoms with van der Waals surface area (Å²) in [4.78, 5) is 0. The van der Waals surface area contributed by atoms with Gasteiger partial charge in [0.25, 0.3) is 0 Å². The fraction of sp³-hybridized carbons (Fsp3) is 0.184. The molecule has 0 amide bonds. The van der Waals surface area contributed by atoms with Crippen LogP contribution < -0.4 is 4.57 Å². The summed E-state index contributed by atoms with van der Waals surface area (Å²) >= 11 is 0. The molecular weight excluding hydrogens is 470 g/mol. The van der Waals surface area contributed by atoms with Crippen molar-refractivity contribution in [3.63, 3.8) is 0 Å². The van der Waals surface area contributed by atoms with Crippen LogP contribution in [0.3, 0.4) is 0 Å². The highest BCUT2D eigenvalue weighted by Crippen LogP contribution is 2.52. The maximum atomic E-state index is 4.46. The average molecular weight is 505 g/mol. The molecule has 0 spiro atoms. The SMILES string of the molecule is C=CC1(CC)c2ccc(-c3ccccc3)cc2-c2cc3c4ccccc4c4ccccc4c3c[n+]2C1(C)CC. The van der Waals surface area contributed by atoms with Crippen molar-refractivity contribution < 1.29 is 4.57 Å². The van der Waals surface area contributed by atoms with Crippen LogP contribution in [0.2, 0.25) is 0 Å². The summed E-state index contributed by atoms with van der Waals surface area (Å²) < 4.78 is 2.60. The number of fused-ring (bicyclic) bond motifs is 9. The van der Waals surface area contributed by atoms with E-state index < -0.39 is 0 Å². The van der Waals surface area contributed by atoms with Crippen molar-refractivity contribution in [1.29, 1.82) is 0 Å². The standard InChI is InChI=1S/C38H34N/c1-5-37(4)38(6-2,7-3)35-22-21-27(26-15-9-8-10-16-26)23-33(35)36-24-32-30-19-13-11-17-28(30)29-18-12-14-20-31(29)34(32)25-39(36)37/h6,8-25H,2,5,7H2,1,3-4H3/q+1. The molecule has 2 heterocycles. The average Bonchev–Trinajstić information content (AvgIpc) is 3.01. The summed E-state index contributed by atoms with van der Waals surface area (Å²) in [5.74, 6) is 0. The van der Waals surface area contributed by atoms with Gasteiger partial charge >= 0.3 is 0 Å². The van der Waals surface area contributed by atoms with Gasteiger partial charge < -0.3 is 0 Å². The molecule has 0 radical (unpaired) electrons. The number of benzene rings is 5. The van der Waals surface area contributed by atoms with Crippen LogP contribution in [0, 0.1) is 0 Å². The molecule has 39 heavy (non-hydrogen) atoms.